The third kappa shape index (κ3) is 2.15. The van der Waals surface area contributed by atoms with Crippen molar-refractivity contribution in [2.45, 2.75) is 36.6 Å². The lowest BCUT2D eigenvalue weighted by Gasteiger charge is -2.53. The van der Waals surface area contributed by atoms with Crippen LogP contribution in [0, 0.1) is 11.8 Å². The Hall–Kier alpha value is -1.45. The average molecular weight is 314 g/mol. The van der Waals surface area contributed by atoms with Gasteiger partial charge >= 0.3 is 5.97 Å². The lowest BCUT2D eigenvalue weighted by Crippen LogP contribution is -2.75. The van der Waals surface area contributed by atoms with Gasteiger partial charge in [-0.3, -0.25) is 4.79 Å². The largest absolute Gasteiger partial charge is 0.462 e. The van der Waals surface area contributed by atoms with Crippen molar-refractivity contribution in [1.29, 1.82) is 0 Å². The van der Waals surface area contributed by atoms with Crippen LogP contribution < -0.4 is 0 Å². The van der Waals surface area contributed by atoms with Crippen LogP contribution in [0.5, 0.6) is 0 Å². The van der Waals surface area contributed by atoms with Gasteiger partial charge in [-0.15, -0.1) is 0 Å². The first kappa shape index (κ1) is 15.4. The number of rotatable bonds is 4. The Balaban J connectivity index is 1.70. The summed E-state index contributed by atoms with van der Waals surface area (Å²) in [5.74, 6) is -1.44. The predicted octanol–water partition coefficient (Wildman–Crippen LogP) is -2.22. The number of allylic oxidation sites excluding steroid dienone is 1. The molecule has 0 aromatic rings. The fourth-order valence-electron chi connectivity index (χ4n) is 3.14. The van der Waals surface area contributed by atoms with Crippen LogP contribution in [0.25, 0.3) is 0 Å². The van der Waals surface area contributed by atoms with E-state index in [9.17, 15) is 25.2 Å². The number of hydrogen-bond donors (Lipinski definition) is 5. The van der Waals surface area contributed by atoms with E-state index in [1.54, 1.807) is 12.2 Å². The minimum absolute atomic E-state index is 0.197. The molecule has 5 N–H and O–H groups in total. The summed E-state index contributed by atoms with van der Waals surface area (Å²) in [6, 6.07) is 0. The summed E-state index contributed by atoms with van der Waals surface area (Å²) in [4.78, 5) is 11.2. The monoisotopic (exact) mass is 314 g/mol. The molecule has 1 saturated heterocycles. The number of aliphatic hydroxyl groups excluding tert-OH is 4. The van der Waals surface area contributed by atoms with E-state index in [-0.39, 0.29) is 30.2 Å². The van der Waals surface area contributed by atoms with Gasteiger partial charge in [0, 0.05) is 11.8 Å². The molecule has 1 heterocycles. The quantitative estimate of drug-likeness (QED) is 0.291. The van der Waals surface area contributed by atoms with Gasteiger partial charge in [-0.2, -0.15) is 0 Å². The van der Waals surface area contributed by atoms with E-state index in [1.165, 1.54) is 6.08 Å². The summed E-state index contributed by atoms with van der Waals surface area (Å²) in [6.45, 7) is -0.614. The number of carbonyl (C=O) groups is 1. The Morgan fingerprint density at radius 2 is 2.18 bits per heavy atom. The maximum atomic E-state index is 11.2. The molecule has 122 valence electrons. The molecule has 3 rings (SSSR count). The van der Waals surface area contributed by atoms with Gasteiger partial charge in [0.2, 0.25) is 6.29 Å². The molecule has 2 aliphatic carbocycles. The zero-order valence-electron chi connectivity index (χ0n) is 11.6. The molecular weight excluding hydrogens is 296 g/mol. The first-order chi connectivity index (χ1) is 10.4. The third-order valence-corrected chi connectivity index (χ3v) is 4.56. The number of hydrogen-bond acceptors (Lipinski definition) is 8. The van der Waals surface area contributed by atoms with Crippen molar-refractivity contribution in [1.82, 2.24) is 0 Å². The van der Waals surface area contributed by atoms with Crippen molar-refractivity contribution in [2.75, 3.05) is 6.61 Å². The van der Waals surface area contributed by atoms with Gasteiger partial charge < -0.3 is 35.0 Å². The summed E-state index contributed by atoms with van der Waals surface area (Å²) in [5.41, 5.74) is -2.16. The minimum atomic E-state index is -2.16. The molecule has 8 heteroatoms. The Morgan fingerprint density at radius 3 is 2.86 bits per heavy atom. The zero-order valence-corrected chi connectivity index (χ0v) is 11.6. The molecule has 2 fully saturated rings. The van der Waals surface area contributed by atoms with Gasteiger partial charge in [-0.1, -0.05) is 0 Å². The van der Waals surface area contributed by atoms with Gasteiger partial charge in [0.05, 0.1) is 19.1 Å². The summed E-state index contributed by atoms with van der Waals surface area (Å²) < 4.78 is 10.3. The Kier molecular flexibility index (Phi) is 3.74. The standard InChI is InChI=1S/C14H18O8/c15-5-8-11(17)12(18)14(8,20)13(19)21-7-1-2-9-6(3-7)4-10(16)22-9/h1-3,6,8-9,11-13,15,17-20H,4-5H2. The topological polar surface area (TPSA) is 137 Å². The second kappa shape index (κ2) is 5.32. The first-order valence-electron chi connectivity index (χ1n) is 7.01. The lowest BCUT2D eigenvalue weighted by atomic mass is 9.64. The van der Waals surface area contributed by atoms with Crippen molar-refractivity contribution in [2.24, 2.45) is 11.8 Å². The van der Waals surface area contributed by atoms with Crippen molar-refractivity contribution in [3.63, 3.8) is 0 Å². The summed E-state index contributed by atoms with van der Waals surface area (Å²) in [7, 11) is 0. The SMILES string of the molecule is O=C1CC2C=C(OC(O)C3(O)C(O)C(O)C3CO)C=CC2O1. The molecule has 1 saturated carbocycles. The molecule has 0 spiro atoms. The number of aliphatic hydroxyl groups is 5. The normalized spacial score (nSPS) is 44.7. The van der Waals surface area contributed by atoms with Gasteiger partial charge in [0.1, 0.15) is 18.0 Å². The van der Waals surface area contributed by atoms with E-state index < -0.39 is 36.6 Å². The predicted molar refractivity (Wildman–Crippen MR) is 69.8 cm³/mol. The Bertz CT molecular complexity index is 529. The molecule has 1 aliphatic heterocycles. The van der Waals surface area contributed by atoms with E-state index >= 15 is 0 Å². The van der Waals surface area contributed by atoms with E-state index in [0.29, 0.717) is 0 Å². The third-order valence-electron chi connectivity index (χ3n) is 4.56. The highest BCUT2D eigenvalue weighted by atomic mass is 16.6. The Labute approximate surface area is 125 Å². The van der Waals surface area contributed by atoms with Crippen LogP contribution in [-0.4, -0.2) is 68.3 Å². The summed E-state index contributed by atoms with van der Waals surface area (Å²) >= 11 is 0. The van der Waals surface area contributed by atoms with Crippen molar-refractivity contribution < 1.29 is 39.8 Å². The zero-order chi connectivity index (χ0) is 16.1. The molecule has 0 bridgehead atoms. The van der Waals surface area contributed by atoms with Crippen LogP contribution >= 0.6 is 0 Å². The second-order valence-corrected chi connectivity index (χ2v) is 5.83. The first-order valence-corrected chi connectivity index (χ1v) is 7.01. The van der Waals surface area contributed by atoms with Crippen LogP contribution in [0.15, 0.2) is 24.0 Å². The van der Waals surface area contributed by atoms with Crippen LogP contribution in [-0.2, 0) is 14.3 Å². The maximum Gasteiger partial charge on any atom is 0.307 e. The Morgan fingerprint density at radius 1 is 1.45 bits per heavy atom. The molecule has 0 radical (unpaired) electrons. The van der Waals surface area contributed by atoms with Crippen LogP contribution in [0.4, 0.5) is 0 Å². The lowest BCUT2D eigenvalue weighted by molar-refractivity contribution is -0.340. The van der Waals surface area contributed by atoms with Gasteiger partial charge in [0.15, 0.2) is 5.60 Å². The minimum Gasteiger partial charge on any atom is -0.462 e. The van der Waals surface area contributed by atoms with E-state index in [4.69, 9.17) is 14.6 Å². The van der Waals surface area contributed by atoms with E-state index in [2.05, 4.69) is 0 Å². The van der Waals surface area contributed by atoms with Crippen molar-refractivity contribution >= 4 is 5.97 Å². The van der Waals surface area contributed by atoms with Gasteiger partial charge in [-0.05, 0) is 18.2 Å². The van der Waals surface area contributed by atoms with E-state index in [0.717, 1.165) is 0 Å². The fraction of sp³-hybridized carbons (Fsp3) is 0.643. The molecule has 8 nitrogen and oxygen atoms in total. The molecule has 7 atom stereocenters. The average Bonchev–Trinajstić information content (AvgIpc) is 2.86. The van der Waals surface area contributed by atoms with Crippen LogP contribution in [0.3, 0.4) is 0 Å². The number of fused-ring (bicyclic) bond motifs is 1. The number of esters is 1. The highest BCUT2D eigenvalue weighted by molar-refractivity contribution is 5.73. The number of ether oxygens (including phenoxy) is 2. The molecule has 3 aliphatic rings. The second-order valence-electron chi connectivity index (χ2n) is 5.83. The number of carbonyl (C=O) groups excluding carboxylic acids is 1. The van der Waals surface area contributed by atoms with E-state index in [1.807, 2.05) is 0 Å². The van der Waals surface area contributed by atoms with Gasteiger partial charge in [-0.25, -0.2) is 0 Å². The maximum absolute atomic E-state index is 11.2. The molecule has 7 unspecified atom stereocenters. The van der Waals surface area contributed by atoms with Gasteiger partial charge in [0.25, 0.3) is 0 Å². The van der Waals surface area contributed by atoms with Crippen LogP contribution in [0.1, 0.15) is 6.42 Å². The van der Waals surface area contributed by atoms with Crippen molar-refractivity contribution in [3.05, 3.63) is 24.0 Å². The highest BCUT2D eigenvalue weighted by Gasteiger charge is 2.65. The highest BCUT2D eigenvalue weighted by Crippen LogP contribution is 2.43. The molecule has 22 heavy (non-hydrogen) atoms. The summed E-state index contributed by atoms with van der Waals surface area (Å²) in [6.07, 6.45) is -0.277. The van der Waals surface area contributed by atoms with Crippen LogP contribution in [0.2, 0.25) is 0 Å². The summed E-state index contributed by atoms with van der Waals surface area (Å²) in [5, 5.41) is 48.6. The molecule has 0 amide bonds. The van der Waals surface area contributed by atoms with Crippen molar-refractivity contribution in [3.8, 4) is 0 Å². The molecule has 0 aromatic carbocycles. The smallest absolute Gasteiger partial charge is 0.307 e. The molecule has 0 aromatic heterocycles. The fourth-order valence-corrected chi connectivity index (χ4v) is 3.14. The molecular formula is C14H18O8.